The zero-order valence-corrected chi connectivity index (χ0v) is 7.26. The summed E-state index contributed by atoms with van der Waals surface area (Å²) in [6.07, 6.45) is 1.69. The fourth-order valence-corrected chi connectivity index (χ4v) is 1.40. The molecular formula is C9H16O2. The van der Waals surface area contributed by atoms with Crippen molar-refractivity contribution in [3.8, 4) is 0 Å². The highest BCUT2D eigenvalue weighted by Crippen LogP contribution is 2.39. The Bertz CT molecular complexity index is 157. The number of hydrogen-bond acceptors (Lipinski definition) is 2. The third-order valence-electron chi connectivity index (χ3n) is 2.33. The molecule has 0 atom stereocenters. The predicted molar refractivity (Wildman–Crippen MR) is 44.4 cm³/mol. The third-order valence-corrected chi connectivity index (χ3v) is 2.33. The maximum absolute atomic E-state index is 9.70. The second kappa shape index (κ2) is 2.95. The topological polar surface area (TPSA) is 29.5 Å². The molecule has 2 heteroatoms. The SMILES string of the molecule is C=C(C)C1(O)CC(OCC)C1. The molecule has 0 aliphatic heterocycles. The Morgan fingerprint density at radius 3 is 2.64 bits per heavy atom. The van der Waals surface area contributed by atoms with E-state index in [9.17, 15) is 5.11 Å². The van der Waals surface area contributed by atoms with E-state index >= 15 is 0 Å². The average molecular weight is 156 g/mol. The summed E-state index contributed by atoms with van der Waals surface area (Å²) in [5.74, 6) is 0. The van der Waals surface area contributed by atoms with Crippen LogP contribution >= 0.6 is 0 Å². The largest absolute Gasteiger partial charge is 0.385 e. The van der Waals surface area contributed by atoms with Crippen LogP contribution in [0.1, 0.15) is 26.7 Å². The quantitative estimate of drug-likeness (QED) is 0.627. The molecule has 0 aromatic carbocycles. The van der Waals surface area contributed by atoms with Crippen LogP contribution in [0.15, 0.2) is 12.2 Å². The van der Waals surface area contributed by atoms with Crippen molar-refractivity contribution < 1.29 is 9.84 Å². The van der Waals surface area contributed by atoms with Crippen LogP contribution in [-0.2, 0) is 4.74 Å². The van der Waals surface area contributed by atoms with Crippen molar-refractivity contribution in [2.45, 2.75) is 38.4 Å². The standard InChI is InChI=1S/C9H16O2/c1-4-11-8-5-9(10,6-8)7(2)3/h8,10H,2,4-6H2,1,3H3. The lowest BCUT2D eigenvalue weighted by molar-refractivity contribution is -0.115. The summed E-state index contributed by atoms with van der Waals surface area (Å²) < 4.78 is 5.32. The highest BCUT2D eigenvalue weighted by molar-refractivity contribution is 5.16. The van der Waals surface area contributed by atoms with E-state index in [4.69, 9.17) is 4.74 Å². The summed E-state index contributed by atoms with van der Waals surface area (Å²) in [6.45, 7) is 8.30. The number of hydrogen-bond donors (Lipinski definition) is 1. The molecule has 2 nitrogen and oxygen atoms in total. The molecule has 1 aliphatic carbocycles. The second-order valence-corrected chi connectivity index (χ2v) is 3.30. The molecule has 1 fully saturated rings. The Hall–Kier alpha value is -0.340. The van der Waals surface area contributed by atoms with Crippen LogP contribution < -0.4 is 0 Å². The van der Waals surface area contributed by atoms with Crippen LogP contribution in [0.2, 0.25) is 0 Å². The Morgan fingerprint density at radius 1 is 1.73 bits per heavy atom. The van der Waals surface area contributed by atoms with E-state index in [1.54, 1.807) is 0 Å². The fraction of sp³-hybridized carbons (Fsp3) is 0.778. The van der Waals surface area contributed by atoms with Gasteiger partial charge in [0.15, 0.2) is 0 Å². The first-order valence-corrected chi connectivity index (χ1v) is 4.08. The van der Waals surface area contributed by atoms with Crippen molar-refractivity contribution in [2.75, 3.05) is 6.61 Å². The summed E-state index contributed by atoms with van der Waals surface area (Å²) in [5.41, 5.74) is 0.230. The Kier molecular flexibility index (Phi) is 2.35. The van der Waals surface area contributed by atoms with Crippen molar-refractivity contribution in [3.63, 3.8) is 0 Å². The highest BCUT2D eigenvalue weighted by Gasteiger charge is 2.43. The Morgan fingerprint density at radius 2 is 2.27 bits per heavy atom. The van der Waals surface area contributed by atoms with Gasteiger partial charge in [0.25, 0.3) is 0 Å². The lowest BCUT2D eigenvalue weighted by atomic mass is 9.73. The molecule has 0 aromatic heterocycles. The van der Waals surface area contributed by atoms with Gasteiger partial charge in [0, 0.05) is 19.4 Å². The lowest BCUT2D eigenvalue weighted by Gasteiger charge is -2.43. The first kappa shape index (κ1) is 8.75. The van der Waals surface area contributed by atoms with Crippen LogP contribution in [-0.4, -0.2) is 23.4 Å². The molecule has 0 unspecified atom stereocenters. The van der Waals surface area contributed by atoms with Crippen LogP contribution in [0.4, 0.5) is 0 Å². The van der Waals surface area contributed by atoms with Crippen molar-refractivity contribution in [3.05, 3.63) is 12.2 Å². The maximum atomic E-state index is 9.70. The zero-order valence-electron chi connectivity index (χ0n) is 7.26. The van der Waals surface area contributed by atoms with E-state index < -0.39 is 5.60 Å². The van der Waals surface area contributed by atoms with Crippen molar-refractivity contribution in [1.29, 1.82) is 0 Å². The van der Waals surface area contributed by atoms with Gasteiger partial charge in [-0.1, -0.05) is 6.58 Å². The van der Waals surface area contributed by atoms with E-state index in [-0.39, 0.29) is 6.10 Å². The molecule has 0 amide bonds. The minimum absolute atomic E-state index is 0.252. The third kappa shape index (κ3) is 1.63. The molecule has 0 saturated heterocycles. The second-order valence-electron chi connectivity index (χ2n) is 3.30. The van der Waals surface area contributed by atoms with Gasteiger partial charge in [-0.15, -0.1) is 0 Å². The molecule has 0 bridgehead atoms. The predicted octanol–water partition coefficient (Wildman–Crippen LogP) is 1.49. The molecular weight excluding hydrogens is 140 g/mol. The number of aliphatic hydroxyl groups is 1. The van der Waals surface area contributed by atoms with Gasteiger partial charge < -0.3 is 9.84 Å². The zero-order chi connectivity index (χ0) is 8.48. The van der Waals surface area contributed by atoms with Crippen LogP contribution in [0, 0.1) is 0 Å². The molecule has 1 saturated carbocycles. The average Bonchev–Trinajstić information content (AvgIpc) is 1.84. The molecule has 0 heterocycles. The molecule has 0 aromatic rings. The smallest absolute Gasteiger partial charge is 0.0900 e. The Balaban J connectivity index is 2.32. The molecule has 1 aliphatic rings. The van der Waals surface area contributed by atoms with Crippen molar-refractivity contribution >= 4 is 0 Å². The van der Waals surface area contributed by atoms with Crippen LogP contribution in [0.25, 0.3) is 0 Å². The van der Waals surface area contributed by atoms with Gasteiger partial charge in [-0.25, -0.2) is 0 Å². The van der Waals surface area contributed by atoms with E-state index in [0.29, 0.717) is 0 Å². The van der Waals surface area contributed by atoms with Gasteiger partial charge in [0.1, 0.15) is 0 Å². The molecule has 1 N–H and O–H groups in total. The normalized spacial score (nSPS) is 36.5. The first-order chi connectivity index (χ1) is 5.08. The molecule has 1 rings (SSSR count). The minimum atomic E-state index is -0.625. The van der Waals surface area contributed by atoms with Gasteiger partial charge >= 0.3 is 0 Å². The highest BCUT2D eigenvalue weighted by atomic mass is 16.5. The number of ether oxygens (including phenoxy) is 1. The van der Waals surface area contributed by atoms with Gasteiger partial charge in [-0.3, -0.25) is 0 Å². The van der Waals surface area contributed by atoms with E-state index in [1.165, 1.54) is 0 Å². The summed E-state index contributed by atoms with van der Waals surface area (Å²) in [7, 11) is 0. The monoisotopic (exact) mass is 156 g/mol. The van der Waals surface area contributed by atoms with Gasteiger partial charge in [-0.05, 0) is 19.4 Å². The van der Waals surface area contributed by atoms with Gasteiger partial charge in [0.2, 0.25) is 0 Å². The summed E-state index contributed by atoms with van der Waals surface area (Å²) in [5, 5.41) is 9.70. The molecule has 64 valence electrons. The van der Waals surface area contributed by atoms with E-state index in [2.05, 4.69) is 6.58 Å². The molecule has 0 spiro atoms. The van der Waals surface area contributed by atoms with Crippen LogP contribution in [0.5, 0.6) is 0 Å². The van der Waals surface area contributed by atoms with Crippen molar-refractivity contribution in [1.82, 2.24) is 0 Å². The number of rotatable bonds is 3. The van der Waals surface area contributed by atoms with Gasteiger partial charge in [0.05, 0.1) is 11.7 Å². The van der Waals surface area contributed by atoms with E-state index in [1.807, 2.05) is 13.8 Å². The van der Waals surface area contributed by atoms with Crippen molar-refractivity contribution in [2.24, 2.45) is 0 Å². The minimum Gasteiger partial charge on any atom is -0.385 e. The van der Waals surface area contributed by atoms with Crippen LogP contribution in [0.3, 0.4) is 0 Å². The Labute approximate surface area is 67.9 Å². The van der Waals surface area contributed by atoms with E-state index in [0.717, 1.165) is 25.0 Å². The lowest BCUT2D eigenvalue weighted by Crippen LogP contribution is -2.48. The van der Waals surface area contributed by atoms with Gasteiger partial charge in [-0.2, -0.15) is 0 Å². The maximum Gasteiger partial charge on any atom is 0.0900 e. The first-order valence-electron chi connectivity index (χ1n) is 4.08. The fourth-order valence-electron chi connectivity index (χ4n) is 1.40. The summed E-state index contributed by atoms with van der Waals surface area (Å²) >= 11 is 0. The molecule has 0 radical (unpaired) electrons. The molecule has 11 heavy (non-hydrogen) atoms. The summed E-state index contributed by atoms with van der Waals surface area (Å²) in [4.78, 5) is 0. The summed E-state index contributed by atoms with van der Waals surface area (Å²) in [6, 6.07) is 0.